The number of fused-ring (bicyclic) bond motifs is 1. The number of rotatable bonds is 5. The van der Waals surface area contributed by atoms with Crippen molar-refractivity contribution in [3.63, 3.8) is 0 Å². The molecule has 0 spiro atoms. The van der Waals surface area contributed by atoms with Crippen LogP contribution in [0.5, 0.6) is 0 Å². The summed E-state index contributed by atoms with van der Waals surface area (Å²) < 4.78 is 0. The topological polar surface area (TPSA) is 47.3 Å². The average Bonchev–Trinajstić information content (AvgIpc) is 2.57. The number of benzene rings is 2. The molecule has 0 N–H and O–H groups in total. The lowest BCUT2D eigenvalue weighted by molar-refractivity contribution is -0.130. The summed E-state index contributed by atoms with van der Waals surface area (Å²) in [4.78, 5) is 16.0. The lowest BCUT2D eigenvalue weighted by atomic mass is 10.1. The first-order valence-electron chi connectivity index (χ1n) is 7.38. The molecule has 0 aliphatic carbocycles. The van der Waals surface area contributed by atoms with Crippen molar-refractivity contribution in [2.75, 3.05) is 25.5 Å². The minimum atomic E-state index is -0.273. The number of nitrogens with zero attached hydrogens (tertiary/aromatic N) is 3. The summed E-state index contributed by atoms with van der Waals surface area (Å²) >= 11 is 0. The van der Waals surface area contributed by atoms with Crippen LogP contribution < -0.4 is 4.90 Å². The maximum atomic E-state index is 12.4. The lowest BCUT2D eigenvalue weighted by Gasteiger charge is -2.29. The van der Waals surface area contributed by atoms with Gasteiger partial charge < -0.3 is 9.80 Å². The highest BCUT2D eigenvalue weighted by atomic mass is 16.2. The summed E-state index contributed by atoms with van der Waals surface area (Å²) in [5.74, 6) is 0.0194. The molecule has 0 bridgehead atoms. The molecular formula is C18H21N3O. The number of hydrogen-bond donors (Lipinski definition) is 0. The zero-order valence-electron chi connectivity index (χ0n) is 13.3. The molecule has 0 saturated heterocycles. The molecular weight excluding hydrogens is 274 g/mol. The Kier molecular flexibility index (Phi) is 5.00. The highest BCUT2D eigenvalue weighted by Gasteiger charge is 2.21. The molecule has 1 atom stereocenters. The lowest BCUT2D eigenvalue weighted by Crippen LogP contribution is -2.44. The third kappa shape index (κ3) is 3.37. The van der Waals surface area contributed by atoms with Crippen LogP contribution in [0.25, 0.3) is 10.8 Å². The van der Waals surface area contributed by atoms with Gasteiger partial charge in [0.05, 0.1) is 12.5 Å². The summed E-state index contributed by atoms with van der Waals surface area (Å²) in [7, 11) is 3.66. The molecule has 4 heteroatoms. The van der Waals surface area contributed by atoms with Crippen LogP contribution in [0, 0.1) is 11.3 Å². The van der Waals surface area contributed by atoms with Crippen LogP contribution in [0.2, 0.25) is 0 Å². The first-order valence-corrected chi connectivity index (χ1v) is 7.38. The first kappa shape index (κ1) is 15.8. The Morgan fingerprint density at radius 1 is 1.18 bits per heavy atom. The monoisotopic (exact) mass is 295 g/mol. The molecule has 0 heterocycles. The van der Waals surface area contributed by atoms with Crippen molar-refractivity contribution in [3.05, 3.63) is 42.5 Å². The maximum absolute atomic E-state index is 12.4. The van der Waals surface area contributed by atoms with Crippen molar-refractivity contribution in [2.45, 2.75) is 19.4 Å². The van der Waals surface area contributed by atoms with Crippen LogP contribution in [-0.4, -0.2) is 37.5 Å². The van der Waals surface area contributed by atoms with Gasteiger partial charge in [-0.2, -0.15) is 5.26 Å². The van der Waals surface area contributed by atoms with Gasteiger partial charge in [0, 0.05) is 26.3 Å². The van der Waals surface area contributed by atoms with Crippen molar-refractivity contribution < 1.29 is 4.79 Å². The van der Waals surface area contributed by atoms with E-state index in [1.807, 2.05) is 37.1 Å². The Labute approximate surface area is 131 Å². The number of likely N-dealkylation sites (N-methyl/N-ethyl adjacent to an activating group) is 2. The van der Waals surface area contributed by atoms with Gasteiger partial charge >= 0.3 is 0 Å². The van der Waals surface area contributed by atoms with E-state index < -0.39 is 0 Å². The zero-order valence-corrected chi connectivity index (χ0v) is 13.3. The largest absolute Gasteiger partial charge is 0.363 e. The van der Waals surface area contributed by atoms with Crippen molar-refractivity contribution >= 4 is 22.4 Å². The zero-order chi connectivity index (χ0) is 16.1. The molecule has 114 valence electrons. The third-order valence-electron chi connectivity index (χ3n) is 4.01. The average molecular weight is 295 g/mol. The Bertz CT molecular complexity index is 705. The molecule has 2 aromatic rings. The van der Waals surface area contributed by atoms with E-state index in [2.05, 4.69) is 30.3 Å². The molecule has 0 aliphatic heterocycles. The highest BCUT2D eigenvalue weighted by Crippen LogP contribution is 2.23. The number of carbonyl (C=O) groups is 1. The second-order valence-electron chi connectivity index (χ2n) is 5.49. The van der Waals surface area contributed by atoms with Gasteiger partial charge in [0.25, 0.3) is 0 Å². The van der Waals surface area contributed by atoms with Crippen molar-refractivity contribution in [2.24, 2.45) is 0 Å². The van der Waals surface area contributed by atoms with Gasteiger partial charge in [-0.15, -0.1) is 0 Å². The quantitative estimate of drug-likeness (QED) is 0.852. The predicted molar refractivity (Wildman–Crippen MR) is 89.7 cm³/mol. The molecule has 1 amide bonds. The van der Waals surface area contributed by atoms with E-state index in [-0.39, 0.29) is 11.9 Å². The van der Waals surface area contributed by atoms with Gasteiger partial charge in [-0.25, -0.2) is 0 Å². The van der Waals surface area contributed by atoms with E-state index in [9.17, 15) is 4.79 Å². The maximum Gasteiger partial charge on any atom is 0.244 e. The van der Waals surface area contributed by atoms with Crippen LogP contribution >= 0.6 is 0 Å². The van der Waals surface area contributed by atoms with Gasteiger partial charge in [0.2, 0.25) is 5.91 Å². The Morgan fingerprint density at radius 3 is 2.55 bits per heavy atom. The molecule has 0 saturated carbocycles. The molecule has 22 heavy (non-hydrogen) atoms. The standard InChI is InChI=1S/C18H21N3O/c1-14(18(22)20(2)12-6-11-19)21(3)17-10-9-15-7-4-5-8-16(15)13-17/h4-5,7-10,13-14H,6,12H2,1-3H3. The number of nitriles is 1. The summed E-state index contributed by atoms with van der Waals surface area (Å²) in [6.45, 7) is 2.35. The third-order valence-corrected chi connectivity index (χ3v) is 4.01. The van der Waals surface area contributed by atoms with E-state index in [0.29, 0.717) is 13.0 Å². The van der Waals surface area contributed by atoms with E-state index in [4.69, 9.17) is 5.26 Å². The highest BCUT2D eigenvalue weighted by molar-refractivity contribution is 5.88. The fourth-order valence-electron chi connectivity index (χ4n) is 2.43. The van der Waals surface area contributed by atoms with Crippen LogP contribution in [0.15, 0.2) is 42.5 Å². The van der Waals surface area contributed by atoms with Crippen LogP contribution in [0.3, 0.4) is 0 Å². The number of amides is 1. The van der Waals surface area contributed by atoms with E-state index >= 15 is 0 Å². The van der Waals surface area contributed by atoms with E-state index in [1.54, 1.807) is 11.9 Å². The summed E-state index contributed by atoms with van der Waals surface area (Å²) in [6, 6.07) is 16.1. The fourth-order valence-corrected chi connectivity index (χ4v) is 2.43. The minimum absolute atomic E-state index is 0.0194. The second-order valence-corrected chi connectivity index (χ2v) is 5.49. The second kappa shape index (κ2) is 6.95. The molecule has 1 unspecified atom stereocenters. The predicted octanol–water partition coefficient (Wildman–Crippen LogP) is 3.04. The van der Waals surface area contributed by atoms with Gasteiger partial charge in [-0.3, -0.25) is 4.79 Å². The summed E-state index contributed by atoms with van der Waals surface area (Å²) in [5.41, 5.74) is 1.01. The van der Waals surface area contributed by atoms with Gasteiger partial charge in [0.1, 0.15) is 6.04 Å². The van der Waals surface area contributed by atoms with Crippen molar-refractivity contribution in [1.29, 1.82) is 5.26 Å². The molecule has 2 rings (SSSR count). The number of carbonyl (C=O) groups excluding carboxylic acids is 1. The smallest absolute Gasteiger partial charge is 0.244 e. The SMILES string of the molecule is CC(C(=O)N(C)CCC#N)N(C)c1ccc2ccccc2c1. The number of hydrogen-bond acceptors (Lipinski definition) is 3. The van der Waals surface area contributed by atoms with Crippen molar-refractivity contribution in [1.82, 2.24) is 4.90 Å². The molecule has 0 radical (unpaired) electrons. The van der Waals surface area contributed by atoms with Gasteiger partial charge in [0.15, 0.2) is 0 Å². The molecule has 0 aromatic heterocycles. The summed E-state index contributed by atoms with van der Waals surface area (Å²) in [5, 5.41) is 11.0. The molecule has 4 nitrogen and oxygen atoms in total. The van der Waals surface area contributed by atoms with Crippen molar-refractivity contribution in [3.8, 4) is 6.07 Å². The molecule has 2 aromatic carbocycles. The van der Waals surface area contributed by atoms with E-state index in [1.165, 1.54) is 5.39 Å². The van der Waals surface area contributed by atoms with Crippen LogP contribution in [-0.2, 0) is 4.79 Å². The minimum Gasteiger partial charge on any atom is -0.363 e. The van der Waals surface area contributed by atoms with Crippen LogP contribution in [0.1, 0.15) is 13.3 Å². The van der Waals surface area contributed by atoms with Gasteiger partial charge in [-0.05, 0) is 29.8 Å². The summed E-state index contributed by atoms with van der Waals surface area (Å²) in [6.07, 6.45) is 0.356. The van der Waals surface area contributed by atoms with Gasteiger partial charge in [-0.1, -0.05) is 30.3 Å². The molecule has 0 aliphatic rings. The Balaban J connectivity index is 2.16. The number of anilines is 1. The van der Waals surface area contributed by atoms with Crippen LogP contribution in [0.4, 0.5) is 5.69 Å². The van der Waals surface area contributed by atoms with E-state index in [0.717, 1.165) is 11.1 Å². The molecule has 0 fully saturated rings. The Morgan fingerprint density at radius 2 is 1.86 bits per heavy atom. The Hall–Kier alpha value is -2.54. The fraction of sp³-hybridized carbons (Fsp3) is 0.333. The normalized spacial score (nSPS) is 11.7. The first-order chi connectivity index (χ1) is 10.5.